The second-order valence-corrected chi connectivity index (χ2v) is 7.25. The van der Waals surface area contributed by atoms with E-state index in [0.29, 0.717) is 23.8 Å². The van der Waals surface area contributed by atoms with Crippen LogP contribution in [0.25, 0.3) is 0 Å². The zero-order valence-electron chi connectivity index (χ0n) is 16.8. The summed E-state index contributed by atoms with van der Waals surface area (Å²) in [6.45, 7) is 1.72. The number of anilines is 1. The molecule has 8 nitrogen and oxygen atoms in total. The van der Waals surface area contributed by atoms with Gasteiger partial charge in [-0.3, -0.25) is 4.79 Å². The summed E-state index contributed by atoms with van der Waals surface area (Å²) >= 11 is 0. The van der Waals surface area contributed by atoms with E-state index >= 15 is 0 Å². The Morgan fingerprint density at radius 3 is 2.73 bits per heavy atom. The predicted octanol–water partition coefficient (Wildman–Crippen LogP) is 3.71. The van der Waals surface area contributed by atoms with Crippen molar-refractivity contribution >= 4 is 17.6 Å². The molecule has 158 valence electrons. The number of carbonyl (C=O) groups is 2. The molecule has 0 saturated heterocycles. The molecule has 0 unspecified atom stereocenters. The highest BCUT2D eigenvalue weighted by Crippen LogP contribution is 2.46. The highest BCUT2D eigenvalue weighted by atomic mass is 16.7. The molecule has 1 aromatic heterocycles. The van der Waals surface area contributed by atoms with Crippen LogP contribution in [-0.4, -0.2) is 35.9 Å². The number of nitrogens with one attached hydrogen (secondary N) is 1. The Hall–Kier alpha value is -3.29. The summed E-state index contributed by atoms with van der Waals surface area (Å²) in [5.74, 6) is -0.230. The Morgan fingerprint density at radius 2 is 1.93 bits per heavy atom. The third-order valence-corrected chi connectivity index (χ3v) is 5.04. The van der Waals surface area contributed by atoms with E-state index in [2.05, 4.69) is 10.3 Å². The van der Waals surface area contributed by atoms with Gasteiger partial charge in [-0.05, 0) is 44.0 Å². The number of hydrogen-bond donors (Lipinski definition) is 1. The summed E-state index contributed by atoms with van der Waals surface area (Å²) in [6.07, 6.45) is 6.58. The lowest BCUT2D eigenvalue weighted by molar-refractivity contribution is -0.119. The van der Waals surface area contributed by atoms with Crippen LogP contribution in [0.4, 0.5) is 5.69 Å². The van der Waals surface area contributed by atoms with Crippen LogP contribution in [0.3, 0.4) is 0 Å². The van der Waals surface area contributed by atoms with Gasteiger partial charge in [0.2, 0.25) is 5.88 Å². The average Bonchev–Trinajstić information content (AvgIpc) is 3.09. The number of esters is 1. The molecule has 1 aliphatic carbocycles. The molecule has 1 amide bonds. The van der Waals surface area contributed by atoms with E-state index in [0.717, 1.165) is 25.7 Å². The van der Waals surface area contributed by atoms with Crippen molar-refractivity contribution in [3.05, 3.63) is 42.1 Å². The molecule has 1 spiro atoms. The molecule has 1 saturated carbocycles. The van der Waals surface area contributed by atoms with Crippen molar-refractivity contribution in [2.45, 2.75) is 44.8 Å². The standard InChI is InChI=1S/C22H24N2O6/c1-2-27-20-16(7-6-12-23-20)21(26)28-14-19(25)24-15-8-9-17-18(13-15)30-22(29-17)10-4-3-5-11-22/h6-9,12-13H,2-5,10-11,14H2,1H3,(H,24,25). The van der Waals surface area contributed by atoms with Crippen molar-refractivity contribution < 1.29 is 28.5 Å². The maximum atomic E-state index is 12.3. The van der Waals surface area contributed by atoms with Crippen LogP contribution in [0.2, 0.25) is 0 Å². The third-order valence-electron chi connectivity index (χ3n) is 5.04. The number of nitrogens with zero attached hydrogens (tertiary/aromatic N) is 1. The fourth-order valence-corrected chi connectivity index (χ4v) is 3.67. The summed E-state index contributed by atoms with van der Waals surface area (Å²) in [4.78, 5) is 28.5. The van der Waals surface area contributed by atoms with Crippen LogP contribution in [0.1, 0.15) is 49.4 Å². The number of benzene rings is 1. The van der Waals surface area contributed by atoms with E-state index in [4.69, 9.17) is 18.9 Å². The Balaban J connectivity index is 1.33. The van der Waals surface area contributed by atoms with Gasteiger partial charge in [0.1, 0.15) is 5.56 Å². The first-order valence-electron chi connectivity index (χ1n) is 10.2. The first kappa shape index (κ1) is 20.0. The van der Waals surface area contributed by atoms with Gasteiger partial charge < -0.3 is 24.3 Å². The minimum Gasteiger partial charge on any atom is -0.477 e. The minimum absolute atomic E-state index is 0.174. The second-order valence-electron chi connectivity index (χ2n) is 7.25. The summed E-state index contributed by atoms with van der Waals surface area (Å²) in [6, 6.07) is 8.39. The molecule has 30 heavy (non-hydrogen) atoms. The van der Waals surface area contributed by atoms with Crippen molar-refractivity contribution in [3.8, 4) is 17.4 Å². The summed E-state index contributed by atoms with van der Waals surface area (Å²) in [5.41, 5.74) is 0.718. The van der Waals surface area contributed by atoms with Gasteiger partial charge in [0.15, 0.2) is 18.1 Å². The smallest absolute Gasteiger partial charge is 0.344 e. The van der Waals surface area contributed by atoms with Gasteiger partial charge in [0.25, 0.3) is 11.7 Å². The van der Waals surface area contributed by atoms with E-state index in [-0.39, 0.29) is 11.4 Å². The summed E-state index contributed by atoms with van der Waals surface area (Å²) < 4.78 is 22.5. The van der Waals surface area contributed by atoms with Crippen molar-refractivity contribution in [2.75, 3.05) is 18.5 Å². The van der Waals surface area contributed by atoms with Crippen LogP contribution >= 0.6 is 0 Å². The first-order valence-corrected chi connectivity index (χ1v) is 10.2. The van der Waals surface area contributed by atoms with Crippen molar-refractivity contribution in [2.24, 2.45) is 0 Å². The number of carbonyl (C=O) groups excluding carboxylic acids is 2. The molecule has 4 rings (SSSR count). The largest absolute Gasteiger partial charge is 0.477 e. The monoisotopic (exact) mass is 412 g/mol. The van der Waals surface area contributed by atoms with Crippen LogP contribution in [0.5, 0.6) is 17.4 Å². The van der Waals surface area contributed by atoms with E-state index in [1.54, 1.807) is 31.2 Å². The van der Waals surface area contributed by atoms with Gasteiger partial charge in [0.05, 0.1) is 6.61 Å². The van der Waals surface area contributed by atoms with E-state index < -0.39 is 24.3 Å². The zero-order valence-corrected chi connectivity index (χ0v) is 16.8. The normalized spacial score (nSPS) is 16.2. The quantitative estimate of drug-likeness (QED) is 0.723. The van der Waals surface area contributed by atoms with Gasteiger partial charge in [0, 0.05) is 30.8 Å². The van der Waals surface area contributed by atoms with Crippen LogP contribution in [0.15, 0.2) is 36.5 Å². The van der Waals surface area contributed by atoms with Crippen LogP contribution in [0, 0.1) is 0 Å². The van der Waals surface area contributed by atoms with Crippen LogP contribution in [-0.2, 0) is 9.53 Å². The van der Waals surface area contributed by atoms with E-state index in [9.17, 15) is 9.59 Å². The SMILES string of the molecule is CCOc1ncccc1C(=O)OCC(=O)Nc1ccc2c(c1)OC1(CCCCC1)O2. The minimum atomic E-state index is -0.674. The Bertz CT molecular complexity index is 939. The van der Waals surface area contributed by atoms with Gasteiger partial charge in [-0.1, -0.05) is 6.42 Å². The molecule has 0 atom stereocenters. The average molecular weight is 412 g/mol. The molecule has 1 aliphatic heterocycles. The first-order chi connectivity index (χ1) is 14.6. The molecular formula is C22H24N2O6. The topological polar surface area (TPSA) is 96.0 Å². The maximum absolute atomic E-state index is 12.3. The lowest BCUT2D eigenvalue weighted by Crippen LogP contribution is -2.40. The third kappa shape index (κ3) is 4.32. The van der Waals surface area contributed by atoms with Gasteiger partial charge in [-0.2, -0.15) is 0 Å². The molecule has 2 aliphatic rings. The molecule has 1 fully saturated rings. The fourth-order valence-electron chi connectivity index (χ4n) is 3.67. The molecular weight excluding hydrogens is 388 g/mol. The summed E-state index contributed by atoms with van der Waals surface area (Å²) in [7, 11) is 0. The van der Waals surface area contributed by atoms with E-state index in [1.807, 2.05) is 0 Å². The Morgan fingerprint density at radius 1 is 1.13 bits per heavy atom. The van der Waals surface area contributed by atoms with Crippen LogP contribution < -0.4 is 19.5 Å². The zero-order chi connectivity index (χ0) is 21.0. The molecule has 2 heterocycles. The number of rotatable bonds is 6. The number of hydrogen-bond acceptors (Lipinski definition) is 7. The molecule has 1 aromatic carbocycles. The predicted molar refractivity (Wildman–Crippen MR) is 108 cm³/mol. The lowest BCUT2D eigenvalue weighted by Gasteiger charge is -2.31. The second kappa shape index (κ2) is 8.61. The Kier molecular flexibility index (Phi) is 5.74. The molecule has 0 radical (unpaired) electrons. The number of amides is 1. The number of aromatic nitrogens is 1. The lowest BCUT2D eigenvalue weighted by atomic mass is 9.94. The van der Waals surface area contributed by atoms with Gasteiger partial charge >= 0.3 is 5.97 Å². The molecule has 0 bridgehead atoms. The van der Waals surface area contributed by atoms with Gasteiger partial charge in [-0.25, -0.2) is 9.78 Å². The fraction of sp³-hybridized carbons (Fsp3) is 0.409. The van der Waals surface area contributed by atoms with Gasteiger partial charge in [-0.15, -0.1) is 0 Å². The molecule has 8 heteroatoms. The maximum Gasteiger partial charge on any atom is 0.344 e. The van der Waals surface area contributed by atoms with Crippen molar-refractivity contribution in [3.63, 3.8) is 0 Å². The number of ether oxygens (including phenoxy) is 4. The number of fused-ring (bicyclic) bond motifs is 1. The van der Waals surface area contributed by atoms with E-state index in [1.165, 1.54) is 18.7 Å². The Labute approximate surface area is 174 Å². The molecule has 1 N–H and O–H groups in total. The number of pyridine rings is 1. The van der Waals surface area contributed by atoms with Crippen molar-refractivity contribution in [1.82, 2.24) is 4.98 Å². The molecule has 2 aromatic rings. The highest BCUT2D eigenvalue weighted by Gasteiger charge is 2.42. The van der Waals surface area contributed by atoms with Crippen molar-refractivity contribution in [1.29, 1.82) is 0 Å². The summed E-state index contributed by atoms with van der Waals surface area (Å²) in [5, 5.41) is 2.71. The highest BCUT2D eigenvalue weighted by molar-refractivity contribution is 5.96.